The number of nitrogens with one attached hydrogen (secondary N) is 1. The number of hydrogen-bond donors (Lipinski definition) is 1. The number of nitrogens with zero attached hydrogens (tertiary/aromatic N) is 3. The molecular weight excluding hydrogens is 372 g/mol. The molecule has 2 aromatic carbocycles. The van der Waals surface area contributed by atoms with Gasteiger partial charge in [0.1, 0.15) is 0 Å². The van der Waals surface area contributed by atoms with Crippen molar-refractivity contribution in [3.05, 3.63) is 83.0 Å². The second-order valence-electron chi connectivity index (χ2n) is 8.15. The molecule has 1 aliphatic carbocycles. The van der Waals surface area contributed by atoms with Crippen molar-refractivity contribution in [2.75, 3.05) is 0 Å². The minimum Gasteiger partial charge on any atom is -0.343 e. The fourth-order valence-corrected chi connectivity index (χ4v) is 3.77. The molecule has 1 saturated carbocycles. The molecule has 0 unspecified atom stereocenters. The average Bonchev–Trinajstić information content (AvgIpc) is 2.76. The van der Waals surface area contributed by atoms with Gasteiger partial charge < -0.3 is 5.32 Å². The molecule has 0 bridgehead atoms. The third kappa shape index (κ3) is 3.81. The molecule has 0 aliphatic heterocycles. The van der Waals surface area contributed by atoms with Crippen molar-refractivity contribution in [2.45, 2.75) is 44.6 Å². The van der Waals surface area contributed by atoms with Crippen LogP contribution in [-0.4, -0.2) is 16.1 Å². The number of rotatable bonds is 5. The van der Waals surface area contributed by atoms with Crippen LogP contribution >= 0.6 is 0 Å². The number of carbonyl (C=O) groups is 1. The first-order valence-corrected chi connectivity index (χ1v) is 10.3. The van der Waals surface area contributed by atoms with Gasteiger partial charge in [0, 0.05) is 11.1 Å². The van der Waals surface area contributed by atoms with Crippen molar-refractivity contribution in [1.29, 1.82) is 5.26 Å². The Bertz CT molecular complexity index is 1070. The maximum absolute atomic E-state index is 12.8. The molecule has 1 fully saturated rings. The van der Waals surface area contributed by atoms with Gasteiger partial charge in [-0.15, -0.1) is 0 Å². The van der Waals surface area contributed by atoms with Gasteiger partial charge in [-0.05, 0) is 67.1 Å². The van der Waals surface area contributed by atoms with E-state index < -0.39 is 0 Å². The zero-order chi connectivity index (χ0) is 21.1. The van der Waals surface area contributed by atoms with Crippen molar-refractivity contribution in [1.82, 2.24) is 15.5 Å². The van der Waals surface area contributed by atoms with Crippen LogP contribution in [0.4, 0.5) is 0 Å². The van der Waals surface area contributed by atoms with Gasteiger partial charge in [-0.2, -0.15) is 15.5 Å². The van der Waals surface area contributed by atoms with Gasteiger partial charge in [-0.25, -0.2) is 0 Å². The van der Waals surface area contributed by atoms with E-state index in [4.69, 9.17) is 5.26 Å². The SMILES string of the molecule is CC(C)c1ccc(-c2ccc(C3(NC(=O)c4ccc(C#N)cc4)CCC3)cc2)nn1. The molecule has 150 valence electrons. The van der Waals surface area contributed by atoms with E-state index >= 15 is 0 Å². The summed E-state index contributed by atoms with van der Waals surface area (Å²) in [6, 6.07) is 21.1. The minimum absolute atomic E-state index is 0.113. The maximum Gasteiger partial charge on any atom is 0.251 e. The van der Waals surface area contributed by atoms with Crippen LogP contribution in [0.1, 0.15) is 66.2 Å². The van der Waals surface area contributed by atoms with Crippen molar-refractivity contribution in [3.63, 3.8) is 0 Å². The predicted molar refractivity (Wildman–Crippen MR) is 116 cm³/mol. The Hall–Kier alpha value is -3.52. The molecule has 1 amide bonds. The summed E-state index contributed by atoms with van der Waals surface area (Å²) < 4.78 is 0. The van der Waals surface area contributed by atoms with Gasteiger partial charge in [-0.3, -0.25) is 4.79 Å². The van der Waals surface area contributed by atoms with Gasteiger partial charge in [-0.1, -0.05) is 38.1 Å². The second kappa shape index (κ2) is 8.08. The van der Waals surface area contributed by atoms with Crippen LogP contribution in [0.5, 0.6) is 0 Å². The third-order valence-electron chi connectivity index (χ3n) is 5.85. The molecular formula is C25H24N4O. The van der Waals surface area contributed by atoms with E-state index in [0.29, 0.717) is 17.0 Å². The van der Waals surface area contributed by atoms with Crippen molar-refractivity contribution >= 4 is 5.91 Å². The lowest BCUT2D eigenvalue weighted by Crippen LogP contribution is -2.50. The Kier molecular flexibility index (Phi) is 5.33. The summed E-state index contributed by atoms with van der Waals surface area (Å²) >= 11 is 0. The minimum atomic E-state index is -0.337. The first-order chi connectivity index (χ1) is 14.5. The Balaban J connectivity index is 1.52. The second-order valence-corrected chi connectivity index (χ2v) is 8.15. The molecule has 0 saturated heterocycles. The Morgan fingerprint density at radius 1 is 1.00 bits per heavy atom. The molecule has 0 atom stereocenters. The van der Waals surface area contributed by atoms with Crippen LogP contribution in [0.2, 0.25) is 0 Å². The van der Waals surface area contributed by atoms with E-state index in [-0.39, 0.29) is 11.4 Å². The van der Waals surface area contributed by atoms with E-state index in [2.05, 4.69) is 47.6 Å². The highest BCUT2D eigenvalue weighted by Gasteiger charge is 2.40. The lowest BCUT2D eigenvalue weighted by molar-refractivity contribution is 0.0823. The first kappa shape index (κ1) is 19.8. The van der Waals surface area contributed by atoms with Gasteiger partial charge in [0.25, 0.3) is 5.91 Å². The van der Waals surface area contributed by atoms with Crippen LogP contribution in [0, 0.1) is 11.3 Å². The fraction of sp³-hybridized carbons (Fsp3) is 0.280. The molecule has 5 nitrogen and oxygen atoms in total. The molecule has 0 radical (unpaired) electrons. The Labute approximate surface area is 176 Å². The van der Waals surface area contributed by atoms with E-state index in [1.807, 2.05) is 24.3 Å². The summed E-state index contributed by atoms with van der Waals surface area (Å²) in [6.45, 7) is 4.20. The lowest BCUT2D eigenvalue weighted by Gasteiger charge is -2.43. The largest absolute Gasteiger partial charge is 0.343 e. The van der Waals surface area contributed by atoms with Gasteiger partial charge in [0.2, 0.25) is 0 Å². The van der Waals surface area contributed by atoms with Gasteiger partial charge in [0.05, 0.1) is 28.6 Å². The highest BCUT2D eigenvalue weighted by atomic mass is 16.1. The zero-order valence-corrected chi connectivity index (χ0v) is 17.2. The van der Waals surface area contributed by atoms with Crippen LogP contribution in [0.3, 0.4) is 0 Å². The van der Waals surface area contributed by atoms with E-state index in [1.54, 1.807) is 24.3 Å². The van der Waals surface area contributed by atoms with Gasteiger partial charge in [0.15, 0.2) is 0 Å². The molecule has 1 heterocycles. The van der Waals surface area contributed by atoms with Crippen molar-refractivity contribution in [3.8, 4) is 17.3 Å². The number of benzene rings is 2. The lowest BCUT2D eigenvalue weighted by atomic mass is 9.71. The fourth-order valence-electron chi connectivity index (χ4n) is 3.77. The van der Waals surface area contributed by atoms with Gasteiger partial charge >= 0.3 is 0 Å². The Morgan fingerprint density at radius 2 is 1.70 bits per heavy atom. The highest BCUT2D eigenvalue weighted by Crippen LogP contribution is 2.42. The zero-order valence-electron chi connectivity index (χ0n) is 17.2. The average molecular weight is 396 g/mol. The van der Waals surface area contributed by atoms with Crippen LogP contribution < -0.4 is 5.32 Å². The molecule has 0 spiro atoms. The molecule has 30 heavy (non-hydrogen) atoms. The van der Waals surface area contributed by atoms with Crippen LogP contribution in [0.25, 0.3) is 11.3 Å². The number of hydrogen-bond acceptors (Lipinski definition) is 4. The number of aromatic nitrogens is 2. The smallest absolute Gasteiger partial charge is 0.251 e. The van der Waals surface area contributed by atoms with Crippen LogP contribution in [-0.2, 0) is 5.54 Å². The molecule has 3 aromatic rings. The van der Waals surface area contributed by atoms with E-state index in [9.17, 15) is 4.79 Å². The van der Waals surface area contributed by atoms with E-state index in [0.717, 1.165) is 41.8 Å². The molecule has 4 rings (SSSR count). The monoisotopic (exact) mass is 396 g/mol. The maximum atomic E-state index is 12.8. The third-order valence-corrected chi connectivity index (χ3v) is 5.85. The summed E-state index contributed by atoms with van der Waals surface area (Å²) in [5, 5.41) is 20.8. The standard InChI is InChI=1S/C25H24N4O/c1-17(2)22-12-13-23(29-28-22)19-8-10-21(11-9-19)25(14-3-15-25)27-24(30)20-6-4-18(16-26)5-7-20/h4-13,17H,3,14-15H2,1-2H3,(H,27,30). The Morgan fingerprint density at radius 3 is 2.20 bits per heavy atom. The quantitative estimate of drug-likeness (QED) is 0.662. The summed E-state index contributed by atoms with van der Waals surface area (Å²) in [6.07, 6.45) is 2.91. The van der Waals surface area contributed by atoms with E-state index in [1.165, 1.54) is 0 Å². The van der Waals surface area contributed by atoms with Crippen molar-refractivity contribution < 1.29 is 4.79 Å². The topological polar surface area (TPSA) is 78.7 Å². The summed E-state index contributed by atoms with van der Waals surface area (Å²) in [4.78, 5) is 12.8. The highest BCUT2D eigenvalue weighted by molar-refractivity contribution is 5.95. The molecule has 1 N–H and O–H groups in total. The normalized spacial score (nSPS) is 14.6. The number of amides is 1. The van der Waals surface area contributed by atoms with Crippen molar-refractivity contribution in [2.24, 2.45) is 0 Å². The summed E-state index contributed by atoms with van der Waals surface area (Å²) in [5.41, 5.74) is 4.71. The molecule has 1 aliphatic rings. The summed E-state index contributed by atoms with van der Waals surface area (Å²) in [5.74, 6) is 0.241. The number of nitriles is 1. The molecule has 1 aromatic heterocycles. The molecule has 5 heteroatoms. The predicted octanol–water partition coefficient (Wildman–Crippen LogP) is 4.95. The number of carbonyl (C=O) groups excluding carboxylic acids is 1. The first-order valence-electron chi connectivity index (χ1n) is 10.3. The van der Waals surface area contributed by atoms with Crippen LogP contribution in [0.15, 0.2) is 60.7 Å². The summed E-state index contributed by atoms with van der Waals surface area (Å²) in [7, 11) is 0.